The van der Waals surface area contributed by atoms with Gasteiger partial charge in [-0.05, 0) is 41.1 Å². The lowest BCUT2D eigenvalue weighted by molar-refractivity contribution is 0.880. The van der Waals surface area contributed by atoms with Gasteiger partial charge in [0.25, 0.3) is 0 Å². The van der Waals surface area contributed by atoms with Crippen molar-refractivity contribution >= 4 is 22.4 Å². The van der Waals surface area contributed by atoms with Gasteiger partial charge in [-0.2, -0.15) is 0 Å². The lowest BCUT2D eigenvalue weighted by Crippen LogP contribution is -2.12. The first-order valence-electron chi connectivity index (χ1n) is 6.51. The predicted molar refractivity (Wildman–Crippen MR) is 84.0 cm³/mol. The van der Waals surface area contributed by atoms with Gasteiger partial charge in [0.2, 0.25) is 0 Å². The van der Waals surface area contributed by atoms with Crippen LogP contribution in [0.15, 0.2) is 54.9 Å². The molecule has 0 aliphatic carbocycles. The van der Waals surface area contributed by atoms with Crippen LogP contribution in [0.3, 0.4) is 0 Å². The molecule has 1 aromatic heterocycles. The molecule has 0 radical (unpaired) electrons. The first-order chi connectivity index (χ1) is 9.66. The van der Waals surface area contributed by atoms with Crippen LogP contribution in [-0.4, -0.2) is 4.98 Å². The average Bonchev–Trinajstić information content (AvgIpc) is 2.49. The largest absolute Gasteiger partial charge is 0.320 e. The van der Waals surface area contributed by atoms with Crippen molar-refractivity contribution in [1.82, 2.24) is 4.98 Å². The normalized spacial score (nSPS) is 12.6. The number of halogens is 1. The van der Waals surface area contributed by atoms with Crippen LogP contribution in [0.2, 0.25) is 5.02 Å². The predicted octanol–water partition coefficient (Wildman–Crippen LogP) is 4.24. The Labute approximate surface area is 123 Å². The number of rotatable bonds is 2. The standard InChI is InChI=1S/C17H15ClN2/c1-11-5-6-12(9-16(11)18)17(19)15-4-2-3-13-10-20-8-7-14(13)15/h2-10,17H,19H2,1H3. The number of aryl methyl sites for hydroxylation is 1. The Hall–Kier alpha value is -1.90. The summed E-state index contributed by atoms with van der Waals surface area (Å²) in [6, 6.07) is 13.9. The first kappa shape index (κ1) is 13.1. The highest BCUT2D eigenvalue weighted by atomic mass is 35.5. The number of hydrogen-bond acceptors (Lipinski definition) is 2. The Morgan fingerprint density at radius 3 is 2.80 bits per heavy atom. The van der Waals surface area contributed by atoms with Crippen LogP contribution in [0.4, 0.5) is 0 Å². The molecule has 1 atom stereocenters. The van der Waals surface area contributed by atoms with Gasteiger partial charge in [0.15, 0.2) is 0 Å². The Balaban J connectivity index is 2.12. The number of pyridine rings is 1. The molecule has 0 bridgehead atoms. The Morgan fingerprint density at radius 1 is 1.15 bits per heavy atom. The second kappa shape index (κ2) is 5.23. The average molecular weight is 283 g/mol. The summed E-state index contributed by atoms with van der Waals surface area (Å²) >= 11 is 6.20. The fraction of sp³-hybridized carbons (Fsp3) is 0.118. The molecular weight excluding hydrogens is 268 g/mol. The molecule has 100 valence electrons. The second-order valence-electron chi connectivity index (χ2n) is 4.93. The van der Waals surface area contributed by atoms with E-state index in [0.29, 0.717) is 0 Å². The highest BCUT2D eigenvalue weighted by Gasteiger charge is 2.13. The maximum absolute atomic E-state index is 6.42. The van der Waals surface area contributed by atoms with Crippen molar-refractivity contribution in [2.24, 2.45) is 5.73 Å². The third-order valence-corrected chi connectivity index (χ3v) is 4.01. The minimum absolute atomic E-state index is 0.195. The molecule has 0 aliphatic heterocycles. The van der Waals surface area contributed by atoms with Crippen molar-refractivity contribution in [1.29, 1.82) is 0 Å². The van der Waals surface area contributed by atoms with Gasteiger partial charge in [-0.1, -0.05) is 41.9 Å². The SMILES string of the molecule is Cc1ccc(C(N)c2cccc3cnccc23)cc1Cl. The summed E-state index contributed by atoms with van der Waals surface area (Å²) in [6.45, 7) is 1.99. The number of aromatic nitrogens is 1. The van der Waals surface area contributed by atoms with Crippen LogP contribution in [0.1, 0.15) is 22.7 Å². The van der Waals surface area contributed by atoms with Gasteiger partial charge in [-0.3, -0.25) is 4.98 Å². The van der Waals surface area contributed by atoms with E-state index in [1.165, 1.54) is 0 Å². The Morgan fingerprint density at radius 2 is 2.00 bits per heavy atom. The molecule has 0 spiro atoms. The zero-order valence-corrected chi connectivity index (χ0v) is 11.9. The van der Waals surface area contributed by atoms with Crippen LogP contribution in [0.25, 0.3) is 10.8 Å². The van der Waals surface area contributed by atoms with E-state index in [0.717, 1.165) is 32.5 Å². The highest BCUT2D eigenvalue weighted by molar-refractivity contribution is 6.31. The van der Waals surface area contributed by atoms with Gasteiger partial charge >= 0.3 is 0 Å². The Bertz CT molecular complexity index is 763. The molecule has 20 heavy (non-hydrogen) atoms. The van der Waals surface area contributed by atoms with E-state index in [4.69, 9.17) is 17.3 Å². The van der Waals surface area contributed by atoms with Crippen molar-refractivity contribution in [2.45, 2.75) is 13.0 Å². The fourth-order valence-corrected chi connectivity index (χ4v) is 2.59. The summed E-state index contributed by atoms with van der Waals surface area (Å²) in [7, 11) is 0. The summed E-state index contributed by atoms with van der Waals surface area (Å²) in [5, 5.41) is 2.98. The van der Waals surface area contributed by atoms with E-state index in [1.54, 1.807) is 6.20 Å². The van der Waals surface area contributed by atoms with E-state index < -0.39 is 0 Å². The van der Waals surface area contributed by atoms with E-state index in [2.05, 4.69) is 11.1 Å². The summed E-state index contributed by atoms with van der Waals surface area (Å²) in [5.74, 6) is 0. The van der Waals surface area contributed by atoms with Gasteiger partial charge in [0, 0.05) is 22.8 Å². The molecule has 2 aromatic carbocycles. The minimum Gasteiger partial charge on any atom is -0.320 e. The van der Waals surface area contributed by atoms with Crippen LogP contribution in [0.5, 0.6) is 0 Å². The first-order valence-corrected chi connectivity index (χ1v) is 6.89. The lowest BCUT2D eigenvalue weighted by Gasteiger charge is -2.16. The van der Waals surface area contributed by atoms with E-state index >= 15 is 0 Å². The summed E-state index contributed by atoms with van der Waals surface area (Å²) < 4.78 is 0. The van der Waals surface area contributed by atoms with E-state index in [1.807, 2.05) is 49.5 Å². The van der Waals surface area contributed by atoms with Gasteiger partial charge in [-0.15, -0.1) is 0 Å². The molecule has 3 rings (SSSR count). The summed E-state index contributed by atoms with van der Waals surface area (Å²) in [5.41, 5.74) is 9.59. The van der Waals surface area contributed by atoms with Crippen molar-refractivity contribution in [3.8, 4) is 0 Å². The third kappa shape index (κ3) is 2.28. The van der Waals surface area contributed by atoms with Crippen LogP contribution >= 0.6 is 11.6 Å². The zero-order chi connectivity index (χ0) is 14.1. The fourth-order valence-electron chi connectivity index (χ4n) is 2.40. The van der Waals surface area contributed by atoms with Crippen molar-refractivity contribution < 1.29 is 0 Å². The second-order valence-corrected chi connectivity index (χ2v) is 5.34. The van der Waals surface area contributed by atoms with Gasteiger partial charge < -0.3 is 5.73 Å². The number of hydrogen-bond donors (Lipinski definition) is 1. The van der Waals surface area contributed by atoms with Gasteiger partial charge in [0.05, 0.1) is 6.04 Å². The maximum atomic E-state index is 6.42. The maximum Gasteiger partial charge on any atom is 0.0558 e. The van der Waals surface area contributed by atoms with E-state index in [9.17, 15) is 0 Å². The van der Waals surface area contributed by atoms with Gasteiger partial charge in [-0.25, -0.2) is 0 Å². The molecule has 3 aromatic rings. The monoisotopic (exact) mass is 282 g/mol. The van der Waals surface area contributed by atoms with E-state index in [-0.39, 0.29) is 6.04 Å². The smallest absolute Gasteiger partial charge is 0.0558 e. The molecule has 0 fully saturated rings. The van der Waals surface area contributed by atoms with Crippen LogP contribution in [0, 0.1) is 6.92 Å². The van der Waals surface area contributed by atoms with Crippen molar-refractivity contribution in [3.63, 3.8) is 0 Å². The topological polar surface area (TPSA) is 38.9 Å². The highest BCUT2D eigenvalue weighted by Crippen LogP contribution is 2.29. The van der Waals surface area contributed by atoms with Crippen molar-refractivity contribution in [3.05, 3.63) is 76.6 Å². The van der Waals surface area contributed by atoms with Crippen LogP contribution < -0.4 is 5.73 Å². The molecule has 0 aliphatic rings. The molecule has 0 amide bonds. The quantitative estimate of drug-likeness (QED) is 0.763. The molecule has 0 saturated carbocycles. The number of nitrogens with zero attached hydrogens (tertiary/aromatic N) is 1. The molecule has 1 heterocycles. The minimum atomic E-state index is -0.195. The molecule has 1 unspecified atom stereocenters. The summed E-state index contributed by atoms with van der Waals surface area (Å²) in [4.78, 5) is 4.15. The van der Waals surface area contributed by atoms with Crippen molar-refractivity contribution in [2.75, 3.05) is 0 Å². The number of benzene rings is 2. The molecular formula is C17H15ClN2. The van der Waals surface area contributed by atoms with Gasteiger partial charge in [0.1, 0.15) is 0 Å². The number of fused-ring (bicyclic) bond motifs is 1. The molecule has 0 saturated heterocycles. The third-order valence-electron chi connectivity index (χ3n) is 3.60. The molecule has 2 N–H and O–H groups in total. The summed E-state index contributed by atoms with van der Waals surface area (Å²) in [6.07, 6.45) is 3.65. The zero-order valence-electron chi connectivity index (χ0n) is 11.2. The Kier molecular flexibility index (Phi) is 3.43. The molecule has 2 nitrogen and oxygen atoms in total. The lowest BCUT2D eigenvalue weighted by atomic mass is 9.95. The number of nitrogens with two attached hydrogens (primary N) is 1. The molecule has 3 heteroatoms. The van der Waals surface area contributed by atoms with Crippen LogP contribution in [-0.2, 0) is 0 Å².